The maximum absolute atomic E-state index is 11.6. The number of morpholine rings is 1. The lowest BCUT2D eigenvalue weighted by molar-refractivity contribution is 0.121. The van der Waals surface area contributed by atoms with Crippen molar-refractivity contribution in [1.29, 1.82) is 0 Å². The fraction of sp³-hybridized carbons (Fsp3) is 0.480. The molecule has 2 fully saturated rings. The highest BCUT2D eigenvalue weighted by Gasteiger charge is 2.28. The lowest BCUT2D eigenvalue weighted by Gasteiger charge is -2.31. The summed E-state index contributed by atoms with van der Waals surface area (Å²) in [5.74, 6) is 1.74. The molecule has 0 unspecified atom stereocenters. The molecule has 0 amide bonds. The van der Waals surface area contributed by atoms with E-state index in [4.69, 9.17) is 35.7 Å². The molecular weight excluding hydrogens is 482 g/mol. The molecule has 2 aliphatic rings. The largest absolute Gasteiger partial charge is 0.434 e. The monoisotopic (exact) mass is 509 g/mol. The predicted molar refractivity (Wildman–Crippen MR) is 136 cm³/mol. The Balaban J connectivity index is 1.56. The van der Waals surface area contributed by atoms with Crippen LogP contribution in [0, 0.1) is 11.8 Å². The molecule has 11 heteroatoms. The van der Waals surface area contributed by atoms with Gasteiger partial charge in [-0.1, -0.05) is 43.5 Å². The van der Waals surface area contributed by atoms with Gasteiger partial charge in [-0.3, -0.25) is 0 Å². The van der Waals surface area contributed by atoms with Crippen LogP contribution in [0.4, 0.5) is 5.95 Å². The summed E-state index contributed by atoms with van der Waals surface area (Å²) in [6, 6.07) is 7.57. The lowest BCUT2D eigenvalue weighted by atomic mass is 9.83. The van der Waals surface area contributed by atoms with Gasteiger partial charge in [-0.15, -0.1) is 5.10 Å². The highest BCUT2D eigenvalue weighted by molar-refractivity contribution is 6.30. The zero-order valence-electron chi connectivity index (χ0n) is 20.1. The summed E-state index contributed by atoms with van der Waals surface area (Å²) in [6.45, 7) is 5.99. The lowest BCUT2D eigenvalue weighted by Crippen LogP contribution is -2.38. The maximum Gasteiger partial charge on any atom is 0.434 e. The second-order valence-electron chi connectivity index (χ2n) is 9.74. The minimum atomic E-state index is -0.663. The van der Waals surface area contributed by atoms with Gasteiger partial charge in [0.15, 0.2) is 5.65 Å². The van der Waals surface area contributed by atoms with E-state index in [9.17, 15) is 4.79 Å². The molecule has 0 atom stereocenters. The molecule has 1 N–H and O–H groups in total. The molecule has 0 radical (unpaired) electrons. The van der Waals surface area contributed by atoms with E-state index >= 15 is 0 Å². The molecule has 1 aliphatic heterocycles. The molecule has 1 aliphatic carbocycles. The predicted octanol–water partition coefficient (Wildman–Crippen LogP) is 4.15. The van der Waals surface area contributed by atoms with Crippen molar-refractivity contribution in [1.82, 2.24) is 29.7 Å². The van der Waals surface area contributed by atoms with Crippen LogP contribution < -0.4 is 10.7 Å². The van der Waals surface area contributed by atoms with Gasteiger partial charge >= 0.3 is 5.76 Å². The SMILES string of the molecule is CC1CCC(Cn2c(N3CCOCC3)nc3nc(-c4n[nH]c(=O)o4)nc(-c4cccc(Cl)c4)c32)CC1. The first-order chi connectivity index (χ1) is 17.5. The molecule has 188 valence electrons. The standard InChI is InChI=1S/C25H28ClN7O3/c1-15-5-7-16(8-6-15)14-33-20-19(17-3-2-4-18(26)13-17)27-22(23-30-31-25(34)36-23)28-21(20)29-24(33)32-9-11-35-12-10-32/h2-4,13,15-16H,5-12,14H2,1H3,(H,31,34). The Morgan fingerprint density at radius 3 is 2.64 bits per heavy atom. The Kier molecular flexibility index (Phi) is 6.22. The number of anilines is 1. The zero-order chi connectivity index (χ0) is 24.6. The first-order valence-corrected chi connectivity index (χ1v) is 12.9. The van der Waals surface area contributed by atoms with Crippen LogP contribution in [0.2, 0.25) is 5.02 Å². The van der Waals surface area contributed by atoms with Crippen LogP contribution in [0.1, 0.15) is 32.6 Å². The third-order valence-electron chi connectivity index (χ3n) is 7.18. The van der Waals surface area contributed by atoms with Gasteiger partial charge in [0.2, 0.25) is 11.8 Å². The second kappa shape index (κ2) is 9.67. The van der Waals surface area contributed by atoms with E-state index in [1.807, 2.05) is 24.3 Å². The van der Waals surface area contributed by atoms with Crippen molar-refractivity contribution in [3.63, 3.8) is 0 Å². The molecule has 36 heavy (non-hydrogen) atoms. The van der Waals surface area contributed by atoms with Gasteiger partial charge in [0.05, 0.1) is 13.2 Å². The summed E-state index contributed by atoms with van der Waals surface area (Å²) in [6.07, 6.45) is 4.86. The molecule has 3 aromatic heterocycles. The topological polar surface area (TPSA) is 115 Å². The number of nitrogens with one attached hydrogen (secondary N) is 1. The average molecular weight is 510 g/mol. The molecule has 1 saturated heterocycles. The Labute approximate surface area is 212 Å². The Morgan fingerprint density at radius 1 is 1.11 bits per heavy atom. The van der Waals surface area contributed by atoms with Gasteiger partial charge in [-0.05, 0) is 36.8 Å². The number of halogens is 1. The van der Waals surface area contributed by atoms with Crippen molar-refractivity contribution in [2.75, 3.05) is 31.2 Å². The summed E-state index contributed by atoms with van der Waals surface area (Å²) >= 11 is 6.38. The minimum absolute atomic E-state index is 0.0221. The van der Waals surface area contributed by atoms with Crippen LogP contribution in [-0.4, -0.2) is 56.0 Å². The molecule has 4 heterocycles. The van der Waals surface area contributed by atoms with Gasteiger partial charge in [0.1, 0.15) is 11.2 Å². The summed E-state index contributed by atoms with van der Waals surface area (Å²) in [4.78, 5) is 28.4. The highest BCUT2D eigenvalue weighted by atomic mass is 35.5. The molecule has 1 aromatic carbocycles. The Hall–Kier alpha value is -3.24. The van der Waals surface area contributed by atoms with E-state index in [0.717, 1.165) is 42.6 Å². The zero-order valence-corrected chi connectivity index (χ0v) is 20.9. The van der Waals surface area contributed by atoms with Crippen LogP contribution >= 0.6 is 11.6 Å². The molecule has 1 saturated carbocycles. The summed E-state index contributed by atoms with van der Waals surface area (Å²) < 4.78 is 13.1. The van der Waals surface area contributed by atoms with E-state index < -0.39 is 5.76 Å². The molecule has 0 spiro atoms. The third-order valence-corrected chi connectivity index (χ3v) is 7.42. The van der Waals surface area contributed by atoms with E-state index in [1.54, 1.807) is 0 Å². The number of H-pyrrole nitrogens is 1. The number of hydrogen-bond acceptors (Lipinski definition) is 8. The van der Waals surface area contributed by atoms with Crippen LogP contribution in [0.25, 0.3) is 34.1 Å². The normalized spacial score (nSPS) is 20.8. The molecular formula is C25H28ClN7O3. The van der Waals surface area contributed by atoms with E-state index in [-0.39, 0.29) is 11.7 Å². The Bertz CT molecular complexity index is 1430. The van der Waals surface area contributed by atoms with Crippen molar-refractivity contribution in [2.24, 2.45) is 11.8 Å². The van der Waals surface area contributed by atoms with Crippen molar-refractivity contribution < 1.29 is 9.15 Å². The number of nitrogens with zero attached hydrogens (tertiary/aromatic N) is 6. The van der Waals surface area contributed by atoms with Crippen LogP contribution in [-0.2, 0) is 11.3 Å². The van der Waals surface area contributed by atoms with Crippen LogP contribution in [0.5, 0.6) is 0 Å². The van der Waals surface area contributed by atoms with E-state index in [1.165, 1.54) is 25.7 Å². The highest BCUT2D eigenvalue weighted by Crippen LogP contribution is 2.36. The fourth-order valence-corrected chi connectivity index (χ4v) is 5.42. The van der Waals surface area contributed by atoms with Gasteiger partial charge in [0, 0.05) is 30.2 Å². The average Bonchev–Trinajstić information content (AvgIpc) is 3.49. The van der Waals surface area contributed by atoms with Crippen molar-refractivity contribution >= 4 is 28.7 Å². The molecule has 6 rings (SSSR count). The van der Waals surface area contributed by atoms with Gasteiger partial charge in [-0.25, -0.2) is 19.9 Å². The van der Waals surface area contributed by atoms with Crippen molar-refractivity contribution in [2.45, 2.75) is 39.2 Å². The number of benzene rings is 1. The van der Waals surface area contributed by atoms with Crippen LogP contribution in [0.15, 0.2) is 33.5 Å². The first-order valence-electron chi connectivity index (χ1n) is 12.5. The Morgan fingerprint density at radius 2 is 1.92 bits per heavy atom. The van der Waals surface area contributed by atoms with Gasteiger partial charge in [-0.2, -0.15) is 4.98 Å². The third kappa shape index (κ3) is 4.51. The molecule has 10 nitrogen and oxygen atoms in total. The number of hydrogen-bond donors (Lipinski definition) is 1. The fourth-order valence-electron chi connectivity index (χ4n) is 5.23. The quantitative estimate of drug-likeness (QED) is 0.426. The maximum atomic E-state index is 11.6. The van der Waals surface area contributed by atoms with E-state index in [0.29, 0.717) is 35.5 Å². The summed E-state index contributed by atoms with van der Waals surface area (Å²) in [7, 11) is 0. The van der Waals surface area contributed by atoms with Gasteiger partial charge in [0.25, 0.3) is 5.89 Å². The number of imidazole rings is 1. The minimum Gasteiger partial charge on any atom is -0.384 e. The number of aromatic nitrogens is 6. The van der Waals surface area contributed by atoms with Gasteiger partial charge < -0.3 is 18.6 Å². The second-order valence-corrected chi connectivity index (χ2v) is 10.2. The number of rotatable bonds is 5. The smallest absolute Gasteiger partial charge is 0.384 e. The first kappa shape index (κ1) is 23.2. The molecule has 0 bridgehead atoms. The number of fused-ring (bicyclic) bond motifs is 1. The number of aromatic amines is 1. The van der Waals surface area contributed by atoms with Crippen molar-refractivity contribution in [3.8, 4) is 23.0 Å². The summed E-state index contributed by atoms with van der Waals surface area (Å²) in [5, 5.41) is 6.84. The molecule has 4 aromatic rings. The van der Waals surface area contributed by atoms with Crippen LogP contribution in [0.3, 0.4) is 0 Å². The summed E-state index contributed by atoms with van der Waals surface area (Å²) in [5.41, 5.74) is 2.89. The number of ether oxygens (including phenoxy) is 1. The van der Waals surface area contributed by atoms with E-state index in [2.05, 4.69) is 26.6 Å². The van der Waals surface area contributed by atoms with Crippen molar-refractivity contribution in [3.05, 3.63) is 39.8 Å².